The first-order valence-corrected chi connectivity index (χ1v) is 7.06. The molecule has 0 spiro atoms. The molecule has 1 aliphatic heterocycles. The van der Waals surface area contributed by atoms with Crippen LogP contribution in [0, 0.1) is 0 Å². The zero-order valence-electron chi connectivity index (χ0n) is 11.2. The van der Waals surface area contributed by atoms with Gasteiger partial charge in [-0.15, -0.1) is 0 Å². The Labute approximate surface area is 122 Å². The summed E-state index contributed by atoms with van der Waals surface area (Å²) in [6.07, 6.45) is 3.43. The van der Waals surface area contributed by atoms with Gasteiger partial charge in [0.05, 0.1) is 18.7 Å². The minimum Gasteiger partial charge on any atom is -0.496 e. The van der Waals surface area contributed by atoms with Crippen LogP contribution in [0.3, 0.4) is 0 Å². The van der Waals surface area contributed by atoms with E-state index in [0.717, 1.165) is 18.5 Å². The van der Waals surface area contributed by atoms with Gasteiger partial charge in [-0.25, -0.2) is 0 Å². The molecule has 2 heterocycles. The van der Waals surface area contributed by atoms with Gasteiger partial charge in [0.1, 0.15) is 5.75 Å². The molecule has 6 heteroatoms. The molecule has 0 amide bonds. The first kappa shape index (κ1) is 13.4. The normalized spacial score (nSPS) is 19.0. The number of nitrogens with zero attached hydrogens (tertiary/aromatic N) is 2. The van der Waals surface area contributed by atoms with Crippen LogP contribution in [0.25, 0.3) is 11.5 Å². The van der Waals surface area contributed by atoms with Crippen LogP contribution >= 0.6 is 11.6 Å². The molecular formula is C14H16ClN3O2. The van der Waals surface area contributed by atoms with Gasteiger partial charge >= 0.3 is 0 Å². The quantitative estimate of drug-likeness (QED) is 0.941. The van der Waals surface area contributed by atoms with E-state index in [4.69, 9.17) is 20.9 Å². The van der Waals surface area contributed by atoms with Crippen molar-refractivity contribution in [1.29, 1.82) is 0 Å². The maximum atomic E-state index is 5.95. The summed E-state index contributed by atoms with van der Waals surface area (Å²) in [6.45, 7) is 0.999. The van der Waals surface area contributed by atoms with Crippen molar-refractivity contribution < 1.29 is 9.26 Å². The summed E-state index contributed by atoms with van der Waals surface area (Å²) in [7, 11) is 1.59. The molecule has 1 unspecified atom stereocenters. The van der Waals surface area contributed by atoms with Gasteiger partial charge in [-0.05, 0) is 37.6 Å². The van der Waals surface area contributed by atoms with Gasteiger partial charge in [0, 0.05) is 5.02 Å². The summed E-state index contributed by atoms with van der Waals surface area (Å²) in [4.78, 5) is 4.48. The molecule has 1 saturated heterocycles. The Balaban J connectivity index is 1.89. The zero-order valence-corrected chi connectivity index (χ0v) is 12.0. The van der Waals surface area contributed by atoms with E-state index in [-0.39, 0.29) is 6.04 Å². The van der Waals surface area contributed by atoms with Crippen LogP contribution in [0.1, 0.15) is 31.1 Å². The number of rotatable bonds is 3. The maximum absolute atomic E-state index is 5.95. The van der Waals surface area contributed by atoms with Crippen molar-refractivity contribution in [3.63, 3.8) is 0 Å². The summed E-state index contributed by atoms with van der Waals surface area (Å²) >= 11 is 5.95. The second kappa shape index (κ2) is 5.81. The molecule has 0 saturated carbocycles. The smallest absolute Gasteiger partial charge is 0.261 e. The third-order valence-corrected chi connectivity index (χ3v) is 3.69. The van der Waals surface area contributed by atoms with E-state index in [9.17, 15) is 0 Å². The summed E-state index contributed by atoms with van der Waals surface area (Å²) in [5.74, 6) is 1.79. The number of hydrogen-bond donors (Lipinski definition) is 1. The largest absolute Gasteiger partial charge is 0.496 e. The van der Waals surface area contributed by atoms with Crippen LogP contribution < -0.4 is 10.1 Å². The summed E-state index contributed by atoms with van der Waals surface area (Å²) in [6, 6.07) is 5.52. The van der Waals surface area contributed by atoms with Crippen LogP contribution in [0.15, 0.2) is 22.7 Å². The van der Waals surface area contributed by atoms with Crippen molar-refractivity contribution in [3.8, 4) is 17.2 Å². The van der Waals surface area contributed by atoms with Crippen molar-refractivity contribution in [2.45, 2.75) is 25.3 Å². The lowest BCUT2D eigenvalue weighted by Crippen LogP contribution is -2.27. The third kappa shape index (κ3) is 2.64. The van der Waals surface area contributed by atoms with Crippen molar-refractivity contribution in [2.24, 2.45) is 0 Å². The molecule has 0 radical (unpaired) electrons. The van der Waals surface area contributed by atoms with Crippen molar-refractivity contribution >= 4 is 11.6 Å². The van der Waals surface area contributed by atoms with Gasteiger partial charge < -0.3 is 14.6 Å². The second-order valence-electron chi connectivity index (χ2n) is 4.80. The standard InChI is InChI=1S/C14H16ClN3O2/c1-19-12-8-9(15)5-6-10(12)14-17-13(18-20-14)11-4-2-3-7-16-11/h5-6,8,11,16H,2-4,7H2,1H3. The van der Waals surface area contributed by atoms with Gasteiger partial charge in [0.15, 0.2) is 5.82 Å². The molecule has 1 atom stereocenters. The maximum Gasteiger partial charge on any atom is 0.261 e. The van der Waals surface area contributed by atoms with E-state index in [1.807, 2.05) is 6.07 Å². The van der Waals surface area contributed by atoms with E-state index in [2.05, 4.69) is 15.5 Å². The van der Waals surface area contributed by atoms with E-state index in [0.29, 0.717) is 22.5 Å². The molecule has 1 aliphatic rings. The predicted octanol–water partition coefficient (Wildman–Crippen LogP) is 3.21. The average molecular weight is 294 g/mol. The Morgan fingerprint density at radius 3 is 3.05 bits per heavy atom. The molecule has 5 nitrogen and oxygen atoms in total. The molecule has 0 aliphatic carbocycles. The highest BCUT2D eigenvalue weighted by molar-refractivity contribution is 6.30. The number of aromatic nitrogens is 2. The van der Waals surface area contributed by atoms with Gasteiger partial charge in [-0.2, -0.15) is 4.98 Å². The van der Waals surface area contributed by atoms with Crippen molar-refractivity contribution in [1.82, 2.24) is 15.5 Å². The average Bonchev–Trinajstić information content (AvgIpc) is 2.97. The van der Waals surface area contributed by atoms with Gasteiger partial charge in [-0.3, -0.25) is 0 Å². The molecule has 3 rings (SSSR count). The third-order valence-electron chi connectivity index (χ3n) is 3.46. The minimum atomic E-state index is 0.180. The SMILES string of the molecule is COc1cc(Cl)ccc1-c1nc(C2CCCCN2)no1. The second-order valence-corrected chi connectivity index (χ2v) is 5.24. The summed E-state index contributed by atoms with van der Waals surface area (Å²) in [5.41, 5.74) is 0.756. The molecule has 20 heavy (non-hydrogen) atoms. The zero-order chi connectivity index (χ0) is 13.9. The van der Waals surface area contributed by atoms with Crippen molar-refractivity contribution in [2.75, 3.05) is 13.7 Å². The van der Waals surface area contributed by atoms with E-state index in [1.165, 1.54) is 12.8 Å². The van der Waals surface area contributed by atoms with Crippen LogP contribution in [-0.4, -0.2) is 23.8 Å². The Hall–Kier alpha value is -1.59. The Morgan fingerprint density at radius 2 is 2.30 bits per heavy atom. The highest BCUT2D eigenvalue weighted by atomic mass is 35.5. The number of methoxy groups -OCH3 is 1. The number of ether oxygens (including phenoxy) is 1. The highest BCUT2D eigenvalue weighted by Gasteiger charge is 2.22. The van der Waals surface area contributed by atoms with Gasteiger partial charge in [-0.1, -0.05) is 23.2 Å². The van der Waals surface area contributed by atoms with Crippen LogP contribution in [0.4, 0.5) is 0 Å². The first-order valence-electron chi connectivity index (χ1n) is 6.69. The molecule has 1 aromatic carbocycles. The number of hydrogen-bond acceptors (Lipinski definition) is 5. The Bertz CT molecular complexity index is 594. The molecule has 1 aromatic heterocycles. The minimum absolute atomic E-state index is 0.180. The van der Waals surface area contributed by atoms with E-state index in [1.54, 1.807) is 19.2 Å². The lowest BCUT2D eigenvalue weighted by Gasteiger charge is -2.19. The monoisotopic (exact) mass is 293 g/mol. The number of benzene rings is 1. The van der Waals surface area contributed by atoms with Gasteiger partial charge in [0.25, 0.3) is 5.89 Å². The van der Waals surface area contributed by atoms with Crippen LogP contribution in [-0.2, 0) is 0 Å². The summed E-state index contributed by atoms with van der Waals surface area (Å²) < 4.78 is 10.7. The Morgan fingerprint density at radius 1 is 1.40 bits per heavy atom. The molecule has 0 bridgehead atoms. The molecule has 1 fully saturated rings. The van der Waals surface area contributed by atoms with Crippen LogP contribution in [0.5, 0.6) is 5.75 Å². The topological polar surface area (TPSA) is 60.2 Å². The van der Waals surface area contributed by atoms with E-state index < -0.39 is 0 Å². The van der Waals surface area contributed by atoms with Gasteiger partial charge in [0.2, 0.25) is 0 Å². The fourth-order valence-corrected chi connectivity index (χ4v) is 2.56. The number of piperidine rings is 1. The lowest BCUT2D eigenvalue weighted by atomic mass is 10.0. The number of halogens is 1. The number of nitrogens with one attached hydrogen (secondary N) is 1. The molecule has 1 N–H and O–H groups in total. The molecule has 2 aromatic rings. The molecule has 106 valence electrons. The predicted molar refractivity (Wildman–Crippen MR) is 75.9 cm³/mol. The van der Waals surface area contributed by atoms with E-state index >= 15 is 0 Å². The van der Waals surface area contributed by atoms with Crippen LogP contribution in [0.2, 0.25) is 5.02 Å². The lowest BCUT2D eigenvalue weighted by molar-refractivity contribution is 0.365. The Kier molecular flexibility index (Phi) is 3.89. The first-order chi connectivity index (χ1) is 9.78. The highest BCUT2D eigenvalue weighted by Crippen LogP contribution is 2.32. The summed E-state index contributed by atoms with van der Waals surface area (Å²) in [5, 5.41) is 8.09. The fourth-order valence-electron chi connectivity index (χ4n) is 2.40. The fraction of sp³-hybridized carbons (Fsp3) is 0.429. The molecular weight excluding hydrogens is 278 g/mol. The van der Waals surface area contributed by atoms with Crippen molar-refractivity contribution in [3.05, 3.63) is 29.0 Å².